The molecule has 118 valence electrons. The molecule has 7 heteroatoms. The molecule has 2 aromatic heterocycles. The van der Waals surface area contributed by atoms with Crippen molar-refractivity contribution in [2.24, 2.45) is 0 Å². The van der Waals surface area contributed by atoms with Crippen molar-refractivity contribution in [1.82, 2.24) is 20.1 Å². The van der Waals surface area contributed by atoms with Crippen molar-refractivity contribution in [3.8, 4) is 0 Å². The fraction of sp³-hybridized carbons (Fsp3) is 0.533. The van der Waals surface area contributed by atoms with Gasteiger partial charge >= 0.3 is 0 Å². The van der Waals surface area contributed by atoms with Crippen LogP contribution in [0.15, 0.2) is 17.6 Å². The van der Waals surface area contributed by atoms with Gasteiger partial charge in [-0.2, -0.15) is 5.10 Å². The van der Waals surface area contributed by atoms with Gasteiger partial charge in [0, 0.05) is 18.1 Å². The van der Waals surface area contributed by atoms with Crippen LogP contribution in [-0.2, 0) is 0 Å². The fourth-order valence-corrected chi connectivity index (χ4v) is 3.36. The summed E-state index contributed by atoms with van der Waals surface area (Å²) in [6.45, 7) is 6.14. The molecule has 0 aromatic carbocycles. The largest absolute Gasteiger partial charge is 0.315 e. The summed E-state index contributed by atoms with van der Waals surface area (Å²) < 4.78 is 1.89. The van der Waals surface area contributed by atoms with Gasteiger partial charge in [0.15, 0.2) is 10.8 Å². The topological polar surface area (TPSA) is 71.8 Å². The molecule has 6 nitrogen and oxygen atoms in total. The fourth-order valence-electron chi connectivity index (χ4n) is 2.49. The number of amides is 1. The molecule has 22 heavy (non-hydrogen) atoms. The minimum atomic E-state index is -0.202. The van der Waals surface area contributed by atoms with E-state index in [1.54, 1.807) is 6.07 Å². The van der Waals surface area contributed by atoms with Gasteiger partial charge < -0.3 is 5.32 Å². The van der Waals surface area contributed by atoms with E-state index in [0.29, 0.717) is 22.8 Å². The van der Waals surface area contributed by atoms with Gasteiger partial charge in [0.05, 0.1) is 11.7 Å². The average Bonchev–Trinajstić information content (AvgIpc) is 3.17. The summed E-state index contributed by atoms with van der Waals surface area (Å²) in [4.78, 5) is 16.7. The Labute approximate surface area is 133 Å². The SMILES string of the molecule is CC(C)c1csc(NC(=O)c2ccn(C3CCCNC3)n2)n1. The van der Waals surface area contributed by atoms with Crippen LogP contribution >= 0.6 is 11.3 Å². The second-order valence-corrected chi connectivity index (χ2v) is 6.73. The molecule has 3 heterocycles. The number of anilines is 1. The van der Waals surface area contributed by atoms with Crippen LogP contribution in [-0.4, -0.2) is 33.8 Å². The first-order valence-corrected chi connectivity index (χ1v) is 8.54. The first kappa shape index (κ1) is 15.2. The highest BCUT2D eigenvalue weighted by molar-refractivity contribution is 7.14. The van der Waals surface area contributed by atoms with E-state index in [1.165, 1.54) is 11.3 Å². The van der Waals surface area contributed by atoms with Gasteiger partial charge in [0.25, 0.3) is 5.91 Å². The van der Waals surface area contributed by atoms with E-state index in [4.69, 9.17) is 0 Å². The zero-order valence-corrected chi connectivity index (χ0v) is 13.7. The van der Waals surface area contributed by atoms with Crippen molar-refractivity contribution >= 4 is 22.4 Å². The number of carbonyl (C=O) groups is 1. The maximum absolute atomic E-state index is 12.3. The summed E-state index contributed by atoms with van der Waals surface area (Å²) in [5, 5.41) is 13.2. The molecule has 1 aliphatic rings. The van der Waals surface area contributed by atoms with Crippen LogP contribution in [0.4, 0.5) is 5.13 Å². The zero-order valence-electron chi connectivity index (χ0n) is 12.9. The highest BCUT2D eigenvalue weighted by Gasteiger charge is 2.18. The van der Waals surface area contributed by atoms with Gasteiger partial charge in [0.1, 0.15) is 0 Å². The lowest BCUT2D eigenvalue weighted by molar-refractivity contribution is 0.102. The van der Waals surface area contributed by atoms with Crippen molar-refractivity contribution in [3.05, 3.63) is 29.0 Å². The number of piperidine rings is 1. The summed E-state index contributed by atoms with van der Waals surface area (Å²) in [5.41, 5.74) is 1.44. The Hall–Kier alpha value is -1.73. The van der Waals surface area contributed by atoms with E-state index in [1.807, 2.05) is 16.3 Å². The van der Waals surface area contributed by atoms with Crippen molar-refractivity contribution in [2.75, 3.05) is 18.4 Å². The smallest absolute Gasteiger partial charge is 0.277 e. The minimum Gasteiger partial charge on any atom is -0.315 e. The number of carbonyl (C=O) groups excluding carboxylic acids is 1. The molecule has 1 amide bonds. The predicted octanol–water partition coefficient (Wildman–Crippen LogP) is 2.64. The maximum atomic E-state index is 12.3. The molecule has 3 rings (SSSR count). The van der Waals surface area contributed by atoms with Gasteiger partial charge in [-0.05, 0) is 31.4 Å². The lowest BCUT2D eigenvalue weighted by Crippen LogP contribution is -2.32. The van der Waals surface area contributed by atoms with E-state index < -0.39 is 0 Å². The Morgan fingerprint density at radius 3 is 3.09 bits per heavy atom. The molecule has 0 saturated carbocycles. The van der Waals surface area contributed by atoms with Gasteiger partial charge in [-0.15, -0.1) is 11.3 Å². The van der Waals surface area contributed by atoms with Gasteiger partial charge in [-0.25, -0.2) is 4.98 Å². The number of hydrogen-bond donors (Lipinski definition) is 2. The van der Waals surface area contributed by atoms with E-state index in [0.717, 1.165) is 31.6 Å². The van der Waals surface area contributed by atoms with Crippen LogP contribution < -0.4 is 10.6 Å². The number of thiazole rings is 1. The molecule has 0 spiro atoms. The number of rotatable bonds is 4. The Balaban J connectivity index is 1.65. The van der Waals surface area contributed by atoms with E-state index in [-0.39, 0.29) is 5.91 Å². The summed E-state index contributed by atoms with van der Waals surface area (Å²) in [5.74, 6) is 0.159. The summed E-state index contributed by atoms with van der Waals surface area (Å²) in [6.07, 6.45) is 4.12. The summed E-state index contributed by atoms with van der Waals surface area (Å²) in [7, 11) is 0. The molecule has 2 N–H and O–H groups in total. The number of nitrogens with one attached hydrogen (secondary N) is 2. The van der Waals surface area contributed by atoms with Crippen molar-refractivity contribution in [1.29, 1.82) is 0 Å². The monoisotopic (exact) mass is 319 g/mol. The van der Waals surface area contributed by atoms with Crippen LogP contribution in [0.3, 0.4) is 0 Å². The molecule has 1 atom stereocenters. The van der Waals surface area contributed by atoms with Crippen LogP contribution in [0.5, 0.6) is 0 Å². The molecule has 0 radical (unpaired) electrons. The Morgan fingerprint density at radius 2 is 2.41 bits per heavy atom. The van der Waals surface area contributed by atoms with Crippen LogP contribution in [0.2, 0.25) is 0 Å². The number of nitrogens with zero attached hydrogens (tertiary/aromatic N) is 3. The first-order valence-electron chi connectivity index (χ1n) is 7.66. The minimum absolute atomic E-state index is 0.202. The van der Waals surface area contributed by atoms with Crippen LogP contribution in [0.25, 0.3) is 0 Å². The molecular weight excluding hydrogens is 298 g/mol. The summed E-state index contributed by atoms with van der Waals surface area (Å²) >= 11 is 1.45. The van der Waals surface area contributed by atoms with Crippen molar-refractivity contribution < 1.29 is 4.79 Å². The van der Waals surface area contributed by atoms with E-state index in [2.05, 4.69) is 34.6 Å². The third kappa shape index (κ3) is 3.36. The van der Waals surface area contributed by atoms with Crippen molar-refractivity contribution in [3.63, 3.8) is 0 Å². The quantitative estimate of drug-likeness (QED) is 0.909. The third-order valence-electron chi connectivity index (χ3n) is 3.82. The molecular formula is C15H21N5OS. The zero-order chi connectivity index (χ0) is 15.5. The highest BCUT2D eigenvalue weighted by atomic mass is 32.1. The summed E-state index contributed by atoms with van der Waals surface area (Å²) in [6, 6.07) is 2.10. The van der Waals surface area contributed by atoms with E-state index >= 15 is 0 Å². The molecule has 1 aliphatic heterocycles. The normalized spacial score (nSPS) is 18.6. The lowest BCUT2D eigenvalue weighted by atomic mass is 10.1. The number of hydrogen-bond acceptors (Lipinski definition) is 5. The average molecular weight is 319 g/mol. The van der Waals surface area contributed by atoms with Crippen LogP contribution in [0.1, 0.15) is 54.8 Å². The van der Waals surface area contributed by atoms with Crippen LogP contribution in [0, 0.1) is 0 Å². The predicted molar refractivity (Wildman–Crippen MR) is 87.5 cm³/mol. The molecule has 2 aromatic rings. The molecule has 0 bridgehead atoms. The Morgan fingerprint density at radius 1 is 1.55 bits per heavy atom. The lowest BCUT2D eigenvalue weighted by Gasteiger charge is -2.22. The highest BCUT2D eigenvalue weighted by Crippen LogP contribution is 2.22. The number of aromatic nitrogens is 3. The molecule has 1 saturated heterocycles. The van der Waals surface area contributed by atoms with Gasteiger partial charge in [0.2, 0.25) is 0 Å². The van der Waals surface area contributed by atoms with E-state index in [9.17, 15) is 4.79 Å². The first-order chi connectivity index (χ1) is 10.6. The van der Waals surface area contributed by atoms with Gasteiger partial charge in [-0.1, -0.05) is 13.8 Å². The molecule has 1 fully saturated rings. The standard InChI is InChI=1S/C15H21N5OS/c1-10(2)13-9-22-15(17-13)18-14(21)12-5-7-20(19-12)11-4-3-6-16-8-11/h5,7,9-11,16H,3-4,6,8H2,1-2H3,(H,17,18,21). The molecule has 1 unspecified atom stereocenters. The Kier molecular flexibility index (Phi) is 4.54. The second-order valence-electron chi connectivity index (χ2n) is 5.87. The third-order valence-corrected chi connectivity index (χ3v) is 4.60. The maximum Gasteiger partial charge on any atom is 0.277 e. The van der Waals surface area contributed by atoms with Crippen molar-refractivity contribution in [2.45, 2.75) is 38.6 Å². The second kappa shape index (κ2) is 6.58. The molecule has 0 aliphatic carbocycles. The Bertz CT molecular complexity index is 642. The van der Waals surface area contributed by atoms with Gasteiger partial charge in [-0.3, -0.25) is 14.8 Å².